The fourth-order valence-electron chi connectivity index (χ4n) is 4.07. The average Bonchev–Trinajstić information content (AvgIpc) is 3.62. The normalized spacial score (nSPS) is 19.1. The van der Waals surface area contributed by atoms with Crippen molar-refractivity contribution in [3.63, 3.8) is 0 Å². The van der Waals surface area contributed by atoms with Gasteiger partial charge >= 0.3 is 0 Å². The van der Waals surface area contributed by atoms with Crippen LogP contribution in [0.4, 0.5) is 0 Å². The zero-order valence-electron chi connectivity index (χ0n) is 16.7. The topological polar surface area (TPSA) is 109 Å². The molecule has 0 aliphatic heterocycles. The predicted molar refractivity (Wildman–Crippen MR) is 116 cm³/mol. The lowest BCUT2D eigenvalue weighted by Gasteiger charge is -2.18. The molecular weight excluding hydrogens is 428 g/mol. The maximum absolute atomic E-state index is 12.8. The molecule has 0 spiro atoms. The van der Waals surface area contributed by atoms with Gasteiger partial charge in [-0.1, -0.05) is 54.6 Å². The number of hydrogen-bond acceptors (Lipinski definition) is 5. The molecule has 2 N–H and O–H groups in total. The smallest absolute Gasteiger partial charge is 0.257 e. The van der Waals surface area contributed by atoms with E-state index in [1.807, 2.05) is 30.3 Å². The molecule has 2 unspecified atom stereocenters. The van der Waals surface area contributed by atoms with Gasteiger partial charge in [0.25, 0.3) is 10.0 Å². The highest BCUT2D eigenvalue weighted by atomic mass is 32.2. The average molecular weight is 446 g/mol. The van der Waals surface area contributed by atoms with Crippen LogP contribution in [-0.2, 0) is 14.8 Å². The van der Waals surface area contributed by atoms with Gasteiger partial charge in [0.15, 0.2) is 11.6 Å². The molecule has 7 nitrogen and oxygen atoms in total. The fraction of sp³-hybridized carbons (Fsp3) is 0.125. The monoisotopic (exact) mass is 446 g/mol. The number of fused-ring (bicyclic) bond motifs is 2. The Balaban J connectivity index is 1.32. The molecule has 2 aliphatic carbocycles. The van der Waals surface area contributed by atoms with Crippen molar-refractivity contribution in [2.45, 2.75) is 17.2 Å². The number of benzene rings is 3. The highest BCUT2D eigenvalue weighted by Crippen LogP contribution is 2.47. The third-order valence-electron chi connectivity index (χ3n) is 5.87. The van der Waals surface area contributed by atoms with Crippen LogP contribution in [0.2, 0.25) is 0 Å². The van der Waals surface area contributed by atoms with Crippen molar-refractivity contribution >= 4 is 27.5 Å². The van der Waals surface area contributed by atoms with E-state index in [4.69, 9.17) is 0 Å². The molecule has 0 bridgehead atoms. The standard InChI is InChI=1S/C24H18N2O5S/c27-22-16-8-4-5-9-17(16)23(28)20-12-15(10-11-18(20)22)32(30,31)26-25-24(29)21-13-19(21)14-6-2-1-3-7-14/h1-12,19,21,26H,13H2,(H,25,29). The summed E-state index contributed by atoms with van der Waals surface area (Å²) < 4.78 is 25.5. The number of sulfonamides is 1. The SMILES string of the molecule is O=C1c2ccccc2C(=O)c2cc(S(=O)(=O)NNC(=O)C3CC3c3ccccc3)ccc21. The number of ketones is 2. The van der Waals surface area contributed by atoms with Crippen LogP contribution in [0.3, 0.4) is 0 Å². The Bertz CT molecular complexity index is 1380. The van der Waals surface area contributed by atoms with E-state index in [1.54, 1.807) is 18.2 Å². The Morgan fingerprint density at radius 1 is 0.781 bits per heavy atom. The first-order valence-electron chi connectivity index (χ1n) is 10.1. The Hall–Kier alpha value is -3.62. The molecule has 0 aromatic heterocycles. The second kappa shape index (κ2) is 7.51. The third-order valence-corrected chi connectivity index (χ3v) is 7.12. The Morgan fingerprint density at radius 2 is 1.38 bits per heavy atom. The summed E-state index contributed by atoms with van der Waals surface area (Å²) in [6, 6.07) is 19.7. The fourth-order valence-corrected chi connectivity index (χ4v) is 4.94. The third kappa shape index (κ3) is 3.43. The summed E-state index contributed by atoms with van der Waals surface area (Å²) >= 11 is 0. The number of amides is 1. The van der Waals surface area contributed by atoms with Gasteiger partial charge in [0.1, 0.15) is 0 Å². The lowest BCUT2D eigenvalue weighted by atomic mass is 9.84. The van der Waals surface area contributed by atoms with Gasteiger partial charge in [0, 0.05) is 28.2 Å². The van der Waals surface area contributed by atoms with Crippen molar-refractivity contribution < 1.29 is 22.8 Å². The highest BCUT2D eigenvalue weighted by Gasteiger charge is 2.44. The van der Waals surface area contributed by atoms with Crippen LogP contribution in [-0.4, -0.2) is 25.9 Å². The van der Waals surface area contributed by atoms with Crippen molar-refractivity contribution in [2.24, 2.45) is 5.92 Å². The van der Waals surface area contributed by atoms with Gasteiger partial charge in [-0.25, -0.2) is 8.42 Å². The summed E-state index contributed by atoms with van der Waals surface area (Å²) in [5, 5.41) is 0. The van der Waals surface area contributed by atoms with Crippen LogP contribution >= 0.6 is 0 Å². The minimum atomic E-state index is -4.14. The maximum Gasteiger partial charge on any atom is 0.257 e. The summed E-state index contributed by atoms with van der Waals surface area (Å²) in [5.41, 5.74) is 4.01. The van der Waals surface area contributed by atoms with Gasteiger partial charge in [-0.2, -0.15) is 0 Å². The van der Waals surface area contributed by atoms with Crippen molar-refractivity contribution in [3.8, 4) is 0 Å². The maximum atomic E-state index is 12.8. The van der Waals surface area contributed by atoms with Crippen LogP contribution < -0.4 is 10.3 Å². The Morgan fingerprint density at radius 3 is 2.06 bits per heavy atom. The molecule has 2 aliphatic rings. The predicted octanol–water partition coefficient (Wildman–Crippen LogP) is 2.58. The molecule has 3 aromatic rings. The van der Waals surface area contributed by atoms with Crippen molar-refractivity contribution in [3.05, 3.63) is 101 Å². The van der Waals surface area contributed by atoms with Crippen molar-refractivity contribution in [1.29, 1.82) is 0 Å². The molecule has 1 saturated carbocycles. The van der Waals surface area contributed by atoms with Crippen molar-refractivity contribution in [2.75, 3.05) is 0 Å². The zero-order chi connectivity index (χ0) is 22.5. The molecule has 1 fully saturated rings. The largest absolute Gasteiger partial charge is 0.289 e. The quantitative estimate of drug-likeness (QED) is 0.458. The first kappa shape index (κ1) is 20.3. The second-order valence-corrected chi connectivity index (χ2v) is 9.55. The van der Waals surface area contributed by atoms with Gasteiger partial charge in [-0.3, -0.25) is 19.8 Å². The molecule has 3 aromatic carbocycles. The van der Waals surface area contributed by atoms with E-state index in [1.165, 1.54) is 24.3 Å². The first-order valence-corrected chi connectivity index (χ1v) is 11.5. The zero-order valence-corrected chi connectivity index (χ0v) is 17.6. The molecule has 8 heteroatoms. The molecule has 0 heterocycles. The van der Waals surface area contributed by atoms with Crippen molar-refractivity contribution in [1.82, 2.24) is 10.3 Å². The van der Waals surface area contributed by atoms with Gasteiger partial charge in [0.05, 0.1) is 4.90 Å². The lowest BCUT2D eigenvalue weighted by molar-refractivity contribution is -0.122. The molecule has 160 valence electrons. The Kier molecular flexibility index (Phi) is 4.76. The number of carbonyl (C=O) groups is 3. The first-order chi connectivity index (χ1) is 15.4. The van der Waals surface area contributed by atoms with E-state index in [2.05, 4.69) is 10.3 Å². The van der Waals surface area contributed by atoms with Crippen LogP contribution in [0.1, 0.15) is 49.7 Å². The van der Waals surface area contributed by atoms with E-state index in [9.17, 15) is 22.8 Å². The second-order valence-electron chi connectivity index (χ2n) is 7.87. The number of nitrogens with one attached hydrogen (secondary N) is 2. The number of hydrazine groups is 1. The highest BCUT2D eigenvalue weighted by molar-refractivity contribution is 7.89. The molecule has 5 rings (SSSR count). The van der Waals surface area contributed by atoms with Crippen LogP contribution in [0, 0.1) is 5.92 Å². The van der Waals surface area contributed by atoms with E-state index in [0.29, 0.717) is 12.0 Å². The van der Waals surface area contributed by atoms with Gasteiger partial charge in [-0.05, 0) is 36.1 Å². The van der Waals surface area contributed by atoms with E-state index in [-0.39, 0.29) is 39.2 Å². The molecule has 0 radical (unpaired) electrons. The summed E-state index contributed by atoms with van der Waals surface area (Å²) in [6.45, 7) is 0. The summed E-state index contributed by atoms with van der Waals surface area (Å²) in [7, 11) is -4.14. The summed E-state index contributed by atoms with van der Waals surface area (Å²) in [5.74, 6) is -1.41. The molecule has 2 atom stereocenters. The molecular formula is C24H18N2O5S. The van der Waals surface area contributed by atoms with Crippen LogP contribution in [0.5, 0.6) is 0 Å². The van der Waals surface area contributed by atoms with Gasteiger partial charge in [-0.15, -0.1) is 4.83 Å². The van der Waals surface area contributed by atoms with E-state index in [0.717, 1.165) is 5.56 Å². The van der Waals surface area contributed by atoms with Gasteiger partial charge < -0.3 is 0 Å². The number of carbonyl (C=O) groups excluding carboxylic acids is 3. The van der Waals surface area contributed by atoms with Gasteiger partial charge in [0.2, 0.25) is 5.91 Å². The molecule has 0 saturated heterocycles. The molecule has 32 heavy (non-hydrogen) atoms. The van der Waals surface area contributed by atoms with E-state index < -0.39 is 21.7 Å². The van der Waals surface area contributed by atoms with Crippen LogP contribution in [0.15, 0.2) is 77.7 Å². The minimum Gasteiger partial charge on any atom is -0.289 e. The minimum absolute atomic E-state index is 0.0224. The Labute approximate surface area is 184 Å². The van der Waals surface area contributed by atoms with Crippen LogP contribution in [0.25, 0.3) is 0 Å². The summed E-state index contributed by atoms with van der Waals surface area (Å²) in [4.78, 5) is 39.8. The summed E-state index contributed by atoms with van der Waals surface area (Å²) in [6.07, 6.45) is 0.645. The molecule has 1 amide bonds. The number of hydrogen-bond donors (Lipinski definition) is 2. The number of rotatable bonds is 5. The van der Waals surface area contributed by atoms with E-state index >= 15 is 0 Å². The lowest BCUT2D eigenvalue weighted by Crippen LogP contribution is -2.42.